The summed E-state index contributed by atoms with van der Waals surface area (Å²) in [6, 6.07) is 1.40. The summed E-state index contributed by atoms with van der Waals surface area (Å²) in [5, 5.41) is 9.69. The topological polar surface area (TPSA) is 66.4 Å². The Morgan fingerprint density at radius 1 is 1.65 bits per heavy atom. The third kappa shape index (κ3) is 4.50. The number of halogens is 2. The highest BCUT2D eigenvalue weighted by atomic mass is 79.9. The largest absolute Gasteiger partial charge is 0.393 e. The van der Waals surface area contributed by atoms with Crippen LogP contribution in [-0.4, -0.2) is 26.2 Å². The molecular formula is C9H13BrClNO3S2. The third-order valence-corrected chi connectivity index (χ3v) is 6.54. The fourth-order valence-corrected chi connectivity index (χ4v) is 4.58. The van der Waals surface area contributed by atoms with Crippen molar-refractivity contribution in [2.45, 2.75) is 30.1 Å². The van der Waals surface area contributed by atoms with E-state index in [0.29, 0.717) is 21.7 Å². The highest BCUT2D eigenvalue weighted by Crippen LogP contribution is 2.34. The van der Waals surface area contributed by atoms with E-state index in [9.17, 15) is 13.5 Å². The Kier molecular flexibility index (Phi) is 5.88. The monoisotopic (exact) mass is 361 g/mol. The summed E-state index contributed by atoms with van der Waals surface area (Å²) in [5.41, 5.74) is 0. The van der Waals surface area contributed by atoms with Crippen molar-refractivity contribution in [1.82, 2.24) is 4.72 Å². The molecule has 0 aliphatic carbocycles. The summed E-state index contributed by atoms with van der Waals surface area (Å²) >= 11 is 10.00. The van der Waals surface area contributed by atoms with Gasteiger partial charge in [0.1, 0.15) is 4.21 Å². The molecule has 0 spiro atoms. The third-order valence-electron chi connectivity index (χ3n) is 2.13. The predicted molar refractivity (Wildman–Crippen MR) is 73.1 cm³/mol. The lowest BCUT2D eigenvalue weighted by Crippen LogP contribution is -2.26. The second-order valence-electron chi connectivity index (χ2n) is 3.44. The second-order valence-corrected chi connectivity index (χ2v) is 8.21. The first kappa shape index (κ1) is 15.4. The molecule has 8 heteroatoms. The van der Waals surface area contributed by atoms with Crippen molar-refractivity contribution in [3.8, 4) is 0 Å². The van der Waals surface area contributed by atoms with Crippen LogP contribution in [0.15, 0.2) is 14.1 Å². The summed E-state index contributed by atoms with van der Waals surface area (Å²) in [6.07, 6.45) is 0.532. The number of rotatable bonds is 6. The van der Waals surface area contributed by atoms with Crippen LogP contribution in [-0.2, 0) is 10.0 Å². The molecule has 1 heterocycles. The lowest BCUT2D eigenvalue weighted by molar-refractivity contribution is 0.162. The molecule has 1 aromatic heterocycles. The number of aliphatic hydroxyl groups excluding tert-OH is 1. The molecule has 0 aromatic carbocycles. The first-order valence-electron chi connectivity index (χ1n) is 4.99. The summed E-state index contributed by atoms with van der Waals surface area (Å²) in [6.45, 7) is 2.06. The van der Waals surface area contributed by atoms with E-state index in [2.05, 4.69) is 20.7 Å². The van der Waals surface area contributed by atoms with Gasteiger partial charge < -0.3 is 5.11 Å². The molecule has 98 valence electrons. The number of hydrogen-bond acceptors (Lipinski definition) is 4. The standard InChI is InChI=1S/C9H13BrClNO3S2/c1-2-6(13)3-4-12-17(14,15)8-5-7(11)9(10)16-8/h5-6,12-13H,2-4H2,1H3. The van der Waals surface area contributed by atoms with Gasteiger partial charge in [-0.15, -0.1) is 11.3 Å². The van der Waals surface area contributed by atoms with Gasteiger partial charge in [-0.1, -0.05) is 18.5 Å². The second kappa shape index (κ2) is 6.49. The van der Waals surface area contributed by atoms with Gasteiger partial charge >= 0.3 is 0 Å². The minimum atomic E-state index is -3.52. The maximum Gasteiger partial charge on any atom is 0.250 e. The van der Waals surface area contributed by atoms with Crippen LogP contribution in [0.1, 0.15) is 19.8 Å². The van der Waals surface area contributed by atoms with Crippen LogP contribution in [0.3, 0.4) is 0 Å². The smallest absolute Gasteiger partial charge is 0.250 e. The molecule has 4 nitrogen and oxygen atoms in total. The quantitative estimate of drug-likeness (QED) is 0.817. The van der Waals surface area contributed by atoms with Crippen molar-refractivity contribution in [3.63, 3.8) is 0 Å². The zero-order chi connectivity index (χ0) is 13.1. The minimum absolute atomic E-state index is 0.167. The minimum Gasteiger partial charge on any atom is -0.393 e. The predicted octanol–water partition coefficient (Wildman–Crippen LogP) is 2.60. The zero-order valence-corrected chi connectivity index (χ0v) is 13.1. The fraction of sp³-hybridized carbons (Fsp3) is 0.556. The van der Waals surface area contributed by atoms with E-state index in [0.717, 1.165) is 11.3 Å². The molecule has 1 rings (SSSR count). The molecule has 0 saturated heterocycles. The van der Waals surface area contributed by atoms with Crippen LogP contribution in [0.5, 0.6) is 0 Å². The van der Waals surface area contributed by atoms with Crippen LogP contribution in [0, 0.1) is 0 Å². The Labute approximate surface area is 118 Å². The molecule has 0 radical (unpaired) electrons. The molecule has 17 heavy (non-hydrogen) atoms. The van der Waals surface area contributed by atoms with Crippen molar-refractivity contribution < 1.29 is 13.5 Å². The molecular weight excluding hydrogens is 350 g/mol. The number of aliphatic hydroxyl groups is 1. The first-order chi connectivity index (χ1) is 7.86. The van der Waals surface area contributed by atoms with Gasteiger partial charge in [0.15, 0.2) is 0 Å². The van der Waals surface area contributed by atoms with Crippen LogP contribution < -0.4 is 4.72 Å². The summed E-state index contributed by atoms with van der Waals surface area (Å²) in [7, 11) is -3.52. The molecule has 1 aromatic rings. The van der Waals surface area contributed by atoms with Crippen LogP contribution >= 0.6 is 38.9 Å². The van der Waals surface area contributed by atoms with Crippen LogP contribution in [0.2, 0.25) is 5.02 Å². The molecule has 1 unspecified atom stereocenters. The molecule has 0 bridgehead atoms. The molecule has 2 N–H and O–H groups in total. The SMILES string of the molecule is CCC(O)CCNS(=O)(=O)c1cc(Cl)c(Br)s1. The normalized spacial score (nSPS) is 13.9. The Balaban J connectivity index is 2.63. The van der Waals surface area contributed by atoms with E-state index in [1.54, 1.807) is 0 Å². The van der Waals surface area contributed by atoms with Gasteiger partial charge in [-0.2, -0.15) is 0 Å². The molecule has 0 amide bonds. The van der Waals surface area contributed by atoms with Crippen molar-refractivity contribution in [2.24, 2.45) is 0 Å². The Hall–Kier alpha value is 0.340. The highest BCUT2D eigenvalue weighted by molar-refractivity contribution is 9.11. The zero-order valence-electron chi connectivity index (χ0n) is 9.11. The van der Waals surface area contributed by atoms with Gasteiger partial charge in [0.2, 0.25) is 10.0 Å². The number of nitrogens with one attached hydrogen (secondary N) is 1. The average molecular weight is 363 g/mol. The number of thiophene rings is 1. The lowest BCUT2D eigenvalue weighted by Gasteiger charge is -2.08. The average Bonchev–Trinajstić information content (AvgIpc) is 2.59. The maximum atomic E-state index is 11.8. The fourth-order valence-electron chi connectivity index (χ4n) is 1.09. The molecule has 0 saturated carbocycles. The Bertz CT molecular complexity index is 455. The van der Waals surface area contributed by atoms with Crippen molar-refractivity contribution >= 4 is 48.9 Å². The Morgan fingerprint density at radius 3 is 2.76 bits per heavy atom. The molecule has 0 fully saturated rings. The summed E-state index contributed by atoms with van der Waals surface area (Å²) < 4.78 is 26.8. The van der Waals surface area contributed by atoms with Crippen molar-refractivity contribution in [1.29, 1.82) is 0 Å². The van der Waals surface area contributed by atoms with Crippen LogP contribution in [0.25, 0.3) is 0 Å². The molecule has 0 aliphatic heterocycles. The van der Waals surface area contributed by atoms with Crippen LogP contribution in [0.4, 0.5) is 0 Å². The Morgan fingerprint density at radius 2 is 2.29 bits per heavy atom. The van der Waals surface area contributed by atoms with Gasteiger partial charge in [0.25, 0.3) is 0 Å². The van der Waals surface area contributed by atoms with Crippen molar-refractivity contribution in [2.75, 3.05) is 6.54 Å². The molecule has 1 atom stereocenters. The van der Waals surface area contributed by atoms with Crippen molar-refractivity contribution in [3.05, 3.63) is 14.9 Å². The summed E-state index contributed by atoms with van der Waals surface area (Å²) in [5.74, 6) is 0. The van der Waals surface area contributed by atoms with E-state index in [1.165, 1.54) is 6.07 Å². The van der Waals surface area contributed by atoms with E-state index in [1.807, 2.05) is 6.92 Å². The van der Waals surface area contributed by atoms with Gasteiger partial charge in [0.05, 0.1) is 14.9 Å². The number of hydrogen-bond donors (Lipinski definition) is 2. The number of sulfonamides is 1. The highest BCUT2D eigenvalue weighted by Gasteiger charge is 2.18. The maximum absolute atomic E-state index is 11.8. The lowest BCUT2D eigenvalue weighted by atomic mass is 10.2. The van der Waals surface area contributed by atoms with E-state index in [-0.39, 0.29) is 10.8 Å². The van der Waals surface area contributed by atoms with Gasteiger partial charge in [0, 0.05) is 6.54 Å². The molecule has 0 aliphatic rings. The van der Waals surface area contributed by atoms with E-state index >= 15 is 0 Å². The van der Waals surface area contributed by atoms with E-state index in [4.69, 9.17) is 11.6 Å². The van der Waals surface area contributed by atoms with E-state index < -0.39 is 16.1 Å². The van der Waals surface area contributed by atoms with Gasteiger partial charge in [-0.05, 0) is 34.8 Å². The first-order valence-corrected chi connectivity index (χ1v) is 8.46. The summed E-state index contributed by atoms with van der Waals surface area (Å²) in [4.78, 5) is 0. The van der Waals surface area contributed by atoms with Gasteiger partial charge in [-0.25, -0.2) is 13.1 Å². The van der Waals surface area contributed by atoms with Gasteiger partial charge in [-0.3, -0.25) is 0 Å².